The first-order valence-corrected chi connectivity index (χ1v) is 8.51. The minimum atomic E-state index is -0.795. The van der Waals surface area contributed by atoms with Gasteiger partial charge < -0.3 is 14.8 Å². The van der Waals surface area contributed by atoms with Gasteiger partial charge in [0.1, 0.15) is 11.4 Å². The fourth-order valence-electron chi connectivity index (χ4n) is 2.06. The monoisotopic (exact) mass is 321 g/mol. The number of aryl methyl sites for hydroxylation is 1. The molecule has 4 nitrogen and oxygen atoms in total. The molecule has 1 atom stereocenters. The summed E-state index contributed by atoms with van der Waals surface area (Å²) in [6, 6.07) is 5.71. The van der Waals surface area contributed by atoms with E-state index >= 15 is 0 Å². The highest BCUT2D eigenvalue weighted by molar-refractivity contribution is 5.97. The molecule has 0 spiro atoms. The lowest BCUT2D eigenvalue weighted by atomic mass is 10.0. The predicted octanol–water partition coefficient (Wildman–Crippen LogP) is 4.56. The average Bonchev–Trinajstić information content (AvgIpc) is 2.51. The molecule has 0 heterocycles. The minimum Gasteiger partial charge on any atom is -0.493 e. The average molecular weight is 321 g/mol. The molecule has 1 aromatic carbocycles. The number of carbonyl (C=O) groups excluding carboxylic acids is 1. The van der Waals surface area contributed by atoms with Crippen LogP contribution in [0.3, 0.4) is 0 Å². The highest BCUT2D eigenvalue weighted by Crippen LogP contribution is 2.24. The third kappa shape index (κ3) is 5.87. The van der Waals surface area contributed by atoms with Crippen LogP contribution in [0.15, 0.2) is 18.2 Å². The Morgan fingerprint density at radius 1 is 1.30 bits per heavy atom. The van der Waals surface area contributed by atoms with E-state index in [-0.39, 0.29) is 5.91 Å². The smallest absolute Gasteiger partial charge is 0.256 e. The molecule has 1 amide bonds. The Kier molecular flexibility index (Phi) is 7.56. The van der Waals surface area contributed by atoms with Crippen molar-refractivity contribution in [3.8, 4) is 5.75 Å². The molecule has 0 saturated carbocycles. The molecule has 0 fully saturated rings. The number of nitrogens with one attached hydrogen (secondary N) is 1. The van der Waals surface area contributed by atoms with E-state index in [2.05, 4.69) is 19.2 Å². The van der Waals surface area contributed by atoms with Gasteiger partial charge in [-0.1, -0.05) is 27.7 Å². The third-order valence-electron chi connectivity index (χ3n) is 3.78. The van der Waals surface area contributed by atoms with Crippen molar-refractivity contribution in [3.63, 3.8) is 0 Å². The largest absolute Gasteiger partial charge is 0.493 e. The fraction of sp³-hybridized carbons (Fsp3) is 0.632. The van der Waals surface area contributed by atoms with Crippen LogP contribution in [0.2, 0.25) is 0 Å². The Labute approximate surface area is 140 Å². The Hall–Kier alpha value is -1.55. The zero-order valence-corrected chi connectivity index (χ0v) is 15.4. The molecule has 23 heavy (non-hydrogen) atoms. The van der Waals surface area contributed by atoms with Gasteiger partial charge in [-0.2, -0.15) is 0 Å². The van der Waals surface area contributed by atoms with E-state index in [0.29, 0.717) is 25.6 Å². The summed E-state index contributed by atoms with van der Waals surface area (Å²) in [6.45, 7) is 13.3. The van der Waals surface area contributed by atoms with Crippen molar-refractivity contribution in [1.82, 2.24) is 0 Å². The Balaban J connectivity index is 2.76. The van der Waals surface area contributed by atoms with E-state index < -0.39 is 5.60 Å². The lowest BCUT2D eigenvalue weighted by molar-refractivity contribution is -0.139. The van der Waals surface area contributed by atoms with Crippen molar-refractivity contribution in [2.24, 2.45) is 5.92 Å². The molecule has 0 saturated heterocycles. The van der Waals surface area contributed by atoms with Crippen LogP contribution in [0, 0.1) is 12.8 Å². The zero-order valence-electron chi connectivity index (χ0n) is 15.4. The van der Waals surface area contributed by atoms with Crippen molar-refractivity contribution in [1.29, 1.82) is 0 Å². The summed E-state index contributed by atoms with van der Waals surface area (Å²) in [5, 5.41) is 2.96. The van der Waals surface area contributed by atoms with Gasteiger partial charge in [-0.05, 0) is 56.4 Å². The van der Waals surface area contributed by atoms with E-state index in [0.717, 1.165) is 23.4 Å². The van der Waals surface area contributed by atoms with E-state index in [1.165, 1.54) is 0 Å². The molecule has 1 N–H and O–H groups in total. The Bertz CT molecular complexity index is 513. The second kappa shape index (κ2) is 8.92. The highest BCUT2D eigenvalue weighted by Gasteiger charge is 2.32. The molecule has 0 bridgehead atoms. The number of hydrogen-bond donors (Lipinski definition) is 1. The quantitative estimate of drug-likeness (QED) is 0.725. The van der Waals surface area contributed by atoms with Gasteiger partial charge in [0.05, 0.1) is 6.61 Å². The Morgan fingerprint density at radius 2 is 2.00 bits per heavy atom. The summed E-state index contributed by atoms with van der Waals surface area (Å²) < 4.78 is 11.5. The van der Waals surface area contributed by atoms with Gasteiger partial charge in [0.2, 0.25) is 0 Å². The van der Waals surface area contributed by atoms with Crippen LogP contribution in [-0.4, -0.2) is 24.7 Å². The molecule has 1 rings (SSSR count). The number of hydrogen-bond acceptors (Lipinski definition) is 3. The molecule has 0 aromatic heterocycles. The summed E-state index contributed by atoms with van der Waals surface area (Å²) in [5.74, 6) is 1.23. The molecule has 0 radical (unpaired) electrons. The number of carbonyl (C=O) groups is 1. The van der Waals surface area contributed by atoms with Gasteiger partial charge in [0.25, 0.3) is 5.91 Å². The molecular weight excluding hydrogens is 290 g/mol. The number of ether oxygens (including phenoxy) is 2. The van der Waals surface area contributed by atoms with E-state index in [1.807, 2.05) is 45.9 Å². The molecular formula is C19H31NO3. The molecule has 0 aliphatic heterocycles. The normalized spacial score (nSPS) is 13.7. The molecule has 130 valence electrons. The standard InChI is InChI=1S/C19H31NO3/c1-7-11-23-19(6,8-2)18(21)20-16-9-10-17(15(5)12-16)22-13-14(3)4/h9-10,12,14H,7-8,11,13H2,1-6H3,(H,20,21)/t19-/m0/s1. The van der Waals surface area contributed by atoms with Crippen LogP contribution in [0.5, 0.6) is 5.75 Å². The first-order chi connectivity index (χ1) is 10.8. The van der Waals surface area contributed by atoms with Crippen molar-refractivity contribution in [3.05, 3.63) is 23.8 Å². The number of rotatable bonds is 9. The van der Waals surface area contributed by atoms with Gasteiger partial charge in [0, 0.05) is 12.3 Å². The fourth-order valence-corrected chi connectivity index (χ4v) is 2.06. The lowest BCUT2D eigenvalue weighted by Crippen LogP contribution is -2.42. The van der Waals surface area contributed by atoms with Crippen molar-refractivity contribution < 1.29 is 14.3 Å². The van der Waals surface area contributed by atoms with Crippen molar-refractivity contribution in [2.75, 3.05) is 18.5 Å². The van der Waals surface area contributed by atoms with Crippen LogP contribution >= 0.6 is 0 Å². The topological polar surface area (TPSA) is 47.6 Å². The first-order valence-electron chi connectivity index (χ1n) is 8.51. The summed E-state index contributed by atoms with van der Waals surface area (Å²) in [4.78, 5) is 12.5. The van der Waals surface area contributed by atoms with Gasteiger partial charge in [-0.15, -0.1) is 0 Å². The minimum absolute atomic E-state index is 0.108. The lowest BCUT2D eigenvalue weighted by Gasteiger charge is -2.27. The molecule has 0 aliphatic rings. The van der Waals surface area contributed by atoms with Gasteiger partial charge in [-0.3, -0.25) is 4.79 Å². The first kappa shape index (κ1) is 19.5. The number of benzene rings is 1. The summed E-state index contributed by atoms with van der Waals surface area (Å²) in [5.41, 5.74) is 0.983. The van der Waals surface area contributed by atoms with Gasteiger partial charge >= 0.3 is 0 Å². The molecule has 0 unspecified atom stereocenters. The maximum atomic E-state index is 12.5. The van der Waals surface area contributed by atoms with Crippen LogP contribution in [-0.2, 0) is 9.53 Å². The van der Waals surface area contributed by atoms with Crippen LogP contribution < -0.4 is 10.1 Å². The highest BCUT2D eigenvalue weighted by atomic mass is 16.5. The maximum Gasteiger partial charge on any atom is 0.256 e. The molecule has 1 aromatic rings. The zero-order chi connectivity index (χ0) is 17.5. The van der Waals surface area contributed by atoms with Crippen LogP contribution in [0.1, 0.15) is 53.0 Å². The summed E-state index contributed by atoms with van der Waals surface area (Å²) in [6.07, 6.45) is 1.53. The SMILES string of the molecule is CCCO[C@@](C)(CC)C(=O)Nc1ccc(OCC(C)C)c(C)c1. The van der Waals surface area contributed by atoms with Crippen molar-refractivity contribution >= 4 is 11.6 Å². The van der Waals surface area contributed by atoms with Crippen LogP contribution in [0.25, 0.3) is 0 Å². The maximum absolute atomic E-state index is 12.5. The van der Waals surface area contributed by atoms with Gasteiger partial charge in [0.15, 0.2) is 0 Å². The van der Waals surface area contributed by atoms with E-state index in [4.69, 9.17) is 9.47 Å². The van der Waals surface area contributed by atoms with E-state index in [1.54, 1.807) is 0 Å². The number of anilines is 1. The van der Waals surface area contributed by atoms with Crippen LogP contribution in [0.4, 0.5) is 5.69 Å². The second-order valence-electron chi connectivity index (χ2n) is 6.57. The third-order valence-corrected chi connectivity index (χ3v) is 3.78. The summed E-state index contributed by atoms with van der Waals surface area (Å²) in [7, 11) is 0. The van der Waals surface area contributed by atoms with E-state index in [9.17, 15) is 4.79 Å². The Morgan fingerprint density at radius 3 is 2.52 bits per heavy atom. The number of amides is 1. The van der Waals surface area contributed by atoms with Gasteiger partial charge in [-0.25, -0.2) is 0 Å². The van der Waals surface area contributed by atoms with Crippen molar-refractivity contribution in [2.45, 2.75) is 60.0 Å². The predicted molar refractivity (Wildman–Crippen MR) is 95.1 cm³/mol. The molecule has 4 heteroatoms. The summed E-state index contributed by atoms with van der Waals surface area (Å²) >= 11 is 0. The second-order valence-corrected chi connectivity index (χ2v) is 6.57. The molecule has 0 aliphatic carbocycles.